The zero-order valence-electron chi connectivity index (χ0n) is 12.0. The van der Waals surface area contributed by atoms with E-state index in [1.807, 2.05) is 18.2 Å². The fraction of sp³-hybridized carbons (Fsp3) is 0.389. The van der Waals surface area contributed by atoms with Gasteiger partial charge >= 0.3 is 5.97 Å². The number of fused-ring (bicyclic) bond motifs is 6. The van der Waals surface area contributed by atoms with E-state index in [-0.39, 0.29) is 6.04 Å². The molecule has 2 unspecified atom stereocenters. The first kappa shape index (κ1) is 12.7. The maximum Gasteiger partial charge on any atom is 0.316 e. The second-order valence-corrected chi connectivity index (χ2v) is 6.22. The van der Waals surface area contributed by atoms with Crippen LogP contribution in [0.15, 0.2) is 42.5 Å². The van der Waals surface area contributed by atoms with E-state index in [4.69, 9.17) is 0 Å². The minimum absolute atomic E-state index is 0.0786. The summed E-state index contributed by atoms with van der Waals surface area (Å²) in [7, 11) is 0. The van der Waals surface area contributed by atoms with Crippen molar-refractivity contribution >= 4 is 11.7 Å². The van der Waals surface area contributed by atoms with Crippen molar-refractivity contribution in [2.75, 3.05) is 6.54 Å². The lowest BCUT2D eigenvalue weighted by Crippen LogP contribution is -2.59. The fourth-order valence-corrected chi connectivity index (χ4v) is 4.42. The first-order valence-corrected chi connectivity index (χ1v) is 7.72. The quantitative estimate of drug-likeness (QED) is 0.859. The van der Waals surface area contributed by atoms with Gasteiger partial charge in [0.1, 0.15) is 5.41 Å². The number of rotatable bonds is 1. The first-order chi connectivity index (χ1) is 10.2. The van der Waals surface area contributed by atoms with E-state index in [9.17, 15) is 9.90 Å². The number of carboxylic acid groups (broad SMARTS) is 1. The fourth-order valence-electron chi connectivity index (χ4n) is 4.42. The molecule has 1 aliphatic carbocycles. The van der Waals surface area contributed by atoms with Gasteiger partial charge in [0.2, 0.25) is 0 Å². The summed E-state index contributed by atoms with van der Waals surface area (Å²) in [6.07, 6.45) is 10.2. The maximum absolute atomic E-state index is 12.3. The highest BCUT2D eigenvalue weighted by Gasteiger charge is 2.55. The third-order valence-corrected chi connectivity index (χ3v) is 5.31. The van der Waals surface area contributed by atoms with Gasteiger partial charge in [0.05, 0.1) is 0 Å². The molecule has 3 nitrogen and oxygen atoms in total. The largest absolute Gasteiger partial charge is 0.481 e. The highest BCUT2D eigenvalue weighted by atomic mass is 16.4. The van der Waals surface area contributed by atoms with Crippen LogP contribution in [0.5, 0.6) is 0 Å². The van der Waals surface area contributed by atoms with Gasteiger partial charge in [-0.3, -0.25) is 4.79 Å². The SMILES string of the molecule is O=C(O)C12CCCCC1N1CC=CC=C1c1ccccc12. The Hall–Kier alpha value is -2.03. The Labute approximate surface area is 124 Å². The minimum Gasteiger partial charge on any atom is -0.481 e. The Bertz CT molecular complexity index is 661. The average molecular weight is 281 g/mol. The molecule has 21 heavy (non-hydrogen) atoms. The molecule has 1 N–H and O–H groups in total. The molecular formula is C18H19NO2. The van der Waals surface area contributed by atoms with Gasteiger partial charge in [0.15, 0.2) is 0 Å². The highest BCUT2D eigenvalue weighted by molar-refractivity contribution is 5.88. The number of hydrogen-bond acceptors (Lipinski definition) is 2. The molecule has 2 aliphatic heterocycles. The van der Waals surface area contributed by atoms with Gasteiger partial charge in [-0.15, -0.1) is 0 Å². The minimum atomic E-state index is -0.739. The summed E-state index contributed by atoms with van der Waals surface area (Å²) in [4.78, 5) is 14.6. The van der Waals surface area contributed by atoms with E-state index >= 15 is 0 Å². The summed E-state index contributed by atoms with van der Waals surface area (Å²) in [5.74, 6) is -0.659. The van der Waals surface area contributed by atoms with Crippen molar-refractivity contribution in [3.63, 3.8) is 0 Å². The lowest BCUT2D eigenvalue weighted by atomic mass is 9.61. The molecule has 0 saturated heterocycles. The Morgan fingerprint density at radius 3 is 3.00 bits per heavy atom. The molecule has 4 rings (SSSR count). The van der Waals surface area contributed by atoms with Crippen LogP contribution in [-0.2, 0) is 10.2 Å². The van der Waals surface area contributed by atoms with Crippen molar-refractivity contribution in [2.24, 2.45) is 0 Å². The molecule has 1 fully saturated rings. The number of allylic oxidation sites excluding steroid dienone is 2. The monoisotopic (exact) mass is 281 g/mol. The van der Waals surface area contributed by atoms with E-state index in [1.54, 1.807) is 0 Å². The number of hydrogen-bond donors (Lipinski definition) is 1. The topological polar surface area (TPSA) is 40.5 Å². The van der Waals surface area contributed by atoms with Crippen molar-refractivity contribution in [3.8, 4) is 0 Å². The molecule has 0 bridgehead atoms. The van der Waals surface area contributed by atoms with Gasteiger partial charge in [-0.2, -0.15) is 0 Å². The predicted octanol–water partition coefficient (Wildman–Crippen LogP) is 3.18. The molecule has 0 spiro atoms. The van der Waals surface area contributed by atoms with Crippen LogP contribution in [0.2, 0.25) is 0 Å². The normalized spacial score (nSPS) is 30.0. The average Bonchev–Trinajstić information content (AvgIpc) is 2.55. The van der Waals surface area contributed by atoms with Crippen molar-refractivity contribution in [1.29, 1.82) is 0 Å². The Morgan fingerprint density at radius 1 is 1.29 bits per heavy atom. The number of benzene rings is 1. The Balaban J connectivity index is 2.01. The molecule has 108 valence electrons. The molecule has 1 aromatic carbocycles. The molecule has 2 heterocycles. The van der Waals surface area contributed by atoms with Gasteiger partial charge in [-0.05, 0) is 24.5 Å². The van der Waals surface area contributed by atoms with Crippen LogP contribution in [0.1, 0.15) is 36.8 Å². The maximum atomic E-state index is 12.3. The van der Waals surface area contributed by atoms with E-state index in [0.717, 1.165) is 43.4 Å². The standard InChI is InChI=1S/C18H19NO2/c20-17(21)18-11-5-3-10-16(18)19-12-6-4-9-15(19)13-7-1-2-8-14(13)18/h1-2,4,6-9,16H,3,5,10-12H2,(H,20,21). The Morgan fingerprint density at radius 2 is 2.14 bits per heavy atom. The number of nitrogens with zero attached hydrogens (tertiary/aromatic N) is 1. The van der Waals surface area contributed by atoms with Crippen LogP contribution in [0.3, 0.4) is 0 Å². The van der Waals surface area contributed by atoms with Gasteiger partial charge in [0, 0.05) is 23.8 Å². The van der Waals surface area contributed by atoms with Gasteiger partial charge in [-0.25, -0.2) is 0 Å². The lowest BCUT2D eigenvalue weighted by Gasteiger charge is -2.53. The molecule has 1 aromatic rings. The molecule has 0 amide bonds. The molecule has 0 aromatic heterocycles. The summed E-state index contributed by atoms with van der Waals surface area (Å²) in [5, 5.41) is 10.1. The van der Waals surface area contributed by atoms with Crippen molar-refractivity contribution in [1.82, 2.24) is 4.90 Å². The van der Waals surface area contributed by atoms with Crippen LogP contribution < -0.4 is 0 Å². The third-order valence-electron chi connectivity index (χ3n) is 5.31. The summed E-state index contributed by atoms with van der Waals surface area (Å²) in [6, 6.07) is 8.16. The molecule has 3 aliphatic rings. The van der Waals surface area contributed by atoms with Crippen molar-refractivity contribution in [3.05, 3.63) is 53.6 Å². The van der Waals surface area contributed by atoms with E-state index in [0.29, 0.717) is 0 Å². The lowest BCUT2D eigenvalue weighted by molar-refractivity contribution is -0.148. The van der Waals surface area contributed by atoms with Gasteiger partial charge in [0.25, 0.3) is 0 Å². The van der Waals surface area contributed by atoms with Crippen molar-refractivity contribution < 1.29 is 9.90 Å². The van der Waals surface area contributed by atoms with Crippen LogP contribution in [-0.4, -0.2) is 28.6 Å². The molecular weight excluding hydrogens is 262 g/mol. The summed E-state index contributed by atoms with van der Waals surface area (Å²) < 4.78 is 0. The summed E-state index contributed by atoms with van der Waals surface area (Å²) in [5.41, 5.74) is 2.57. The number of carbonyl (C=O) groups is 1. The molecule has 1 saturated carbocycles. The smallest absolute Gasteiger partial charge is 0.316 e. The van der Waals surface area contributed by atoms with Crippen LogP contribution >= 0.6 is 0 Å². The first-order valence-electron chi connectivity index (χ1n) is 7.72. The third kappa shape index (κ3) is 1.57. The number of aliphatic carboxylic acids is 1. The summed E-state index contributed by atoms with van der Waals surface area (Å²) in [6.45, 7) is 0.819. The van der Waals surface area contributed by atoms with Crippen LogP contribution in [0.25, 0.3) is 5.70 Å². The zero-order chi connectivity index (χ0) is 14.4. The summed E-state index contributed by atoms with van der Waals surface area (Å²) >= 11 is 0. The van der Waals surface area contributed by atoms with Crippen LogP contribution in [0, 0.1) is 0 Å². The predicted molar refractivity (Wildman–Crippen MR) is 81.8 cm³/mol. The second kappa shape index (κ2) is 4.48. The molecule has 2 atom stereocenters. The van der Waals surface area contributed by atoms with E-state index < -0.39 is 11.4 Å². The van der Waals surface area contributed by atoms with E-state index in [1.165, 1.54) is 5.70 Å². The zero-order valence-corrected chi connectivity index (χ0v) is 12.0. The van der Waals surface area contributed by atoms with Gasteiger partial charge < -0.3 is 10.0 Å². The molecule has 0 radical (unpaired) electrons. The second-order valence-electron chi connectivity index (χ2n) is 6.22. The number of carboxylic acids is 1. The van der Waals surface area contributed by atoms with Crippen LogP contribution in [0.4, 0.5) is 0 Å². The van der Waals surface area contributed by atoms with Gasteiger partial charge in [-0.1, -0.05) is 49.3 Å². The van der Waals surface area contributed by atoms with Crippen molar-refractivity contribution in [2.45, 2.75) is 37.1 Å². The Kier molecular flexibility index (Phi) is 2.71. The molecule has 3 heteroatoms. The highest BCUT2D eigenvalue weighted by Crippen LogP contribution is 2.51. The van der Waals surface area contributed by atoms with E-state index in [2.05, 4.69) is 29.2 Å².